The average Bonchev–Trinajstić information content (AvgIpc) is 2.75. The van der Waals surface area contributed by atoms with Gasteiger partial charge >= 0.3 is 5.69 Å². The quantitative estimate of drug-likeness (QED) is 0.778. The fourth-order valence-corrected chi connectivity index (χ4v) is 3.73. The fourth-order valence-electron chi connectivity index (χ4n) is 2.45. The number of aromatic nitrogens is 4. The SMILES string of the molecule is CC(Cn1cnc2c1c(=O)n(C)c(=O)n2C)O[Si](C)(C)C. The number of hydrogen-bond donors (Lipinski definition) is 0. The highest BCUT2D eigenvalue weighted by Gasteiger charge is 2.20. The van der Waals surface area contributed by atoms with E-state index in [0.717, 1.165) is 4.57 Å². The zero-order valence-corrected chi connectivity index (χ0v) is 14.4. The first-order valence-electron chi connectivity index (χ1n) is 6.90. The third-order valence-corrected chi connectivity index (χ3v) is 4.34. The molecule has 0 aliphatic heterocycles. The fraction of sp³-hybridized carbons (Fsp3) is 0.615. The topological polar surface area (TPSA) is 71.0 Å². The summed E-state index contributed by atoms with van der Waals surface area (Å²) in [5.41, 5.74) is 0.142. The molecule has 2 aromatic heterocycles. The standard InChI is InChI=1S/C13H22N4O3Si/c1-9(20-21(4,5)6)7-17-8-14-11-10(17)12(18)16(3)13(19)15(11)2/h8-9H,7H2,1-6H3. The van der Waals surface area contributed by atoms with Gasteiger partial charge in [0.25, 0.3) is 5.56 Å². The van der Waals surface area contributed by atoms with Crippen LogP contribution in [0, 0.1) is 0 Å². The maximum atomic E-state index is 12.3. The number of aryl methyl sites for hydroxylation is 1. The first-order valence-corrected chi connectivity index (χ1v) is 10.3. The summed E-state index contributed by atoms with van der Waals surface area (Å²) in [5, 5.41) is 0. The van der Waals surface area contributed by atoms with Crippen LogP contribution in [0.25, 0.3) is 11.2 Å². The maximum absolute atomic E-state index is 12.3. The van der Waals surface area contributed by atoms with Crippen LogP contribution in [-0.2, 0) is 25.1 Å². The summed E-state index contributed by atoms with van der Waals surface area (Å²) in [4.78, 5) is 28.4. The Morgan fingerprint density at radius 2 is 1.86 bits per heavy atom. The van der Waals surface area contributed by atoms with Crippen LogP contribution in [0.3, 0.4) is 0 Å². The predicted molar refractivity (Wildman–Crippen MR) is 84.1 cm³/mol. The van der Waals surface area contributed by atoms with Crippen LogP contribution < -0.4 is 11.2 Å². The van der Waals surface area contributed by atoms with Gasteiger partial charge in [-0.3, -0.25) is 13.9 Å². The van der Waals surface area contributed by atoms with Crippen molar-refractivity contribution in [3.05, 3.63) is 27.2 Å². The molecule has 8 heteroatoms. The van der Waals surface area contributed by atoms with E-state index in [-0.39, 0.29) is 17.4 Å². The minimum Gasteiger partial charge on any atom is -0.413 e. The van der Waals surface area contributed by atoms with Gasteiger partial charge in [-0.15, -0.1) is 0 Å². The molecule has 2 heterocycles. The Morgan fingerprint density at radius 1 is 1.24 bits per heavy atom. The predicted octanol–water partition coefficient (Wildman–Crippen LogP) is 0.674. The summed E-state index contributed by atoms with van der Waals surface area (Å²) in [6.45, 7) is 8.89. The Morgan fingerprint density at radius 3 is 2.43 bits per heavy atom. The lowest BCUT2D eigenvalue weighted by atomic mass is 10.4. The summed E-state index contributed by atoms with van der Waals surface area (Å²) in [7, 11) is 1.45. The molecule has 0 radical (unpaired) electrons. The van der Waals surface area contributed by atoms with E-state index in [2.05, 4.69) is 24.6 Å². The van der Waals surface area contributed by atoms with E-state index in [4.69, 9.17) is 4.43 Å². The summed E-state index contributed by atoms with van der Waals surface area (Å²) < 4.78 is 10.3. The molecule has 1 unspecified atom stereocenters. The molecule has 0 saturated carbocycles. The van der Waals surface area contributed by atoms with Crippen molar-refractivity contribution in [2.75, 3.05) is 0 Å². The van der Waals surface area contributed by atoms with Gasteiger partial charge in [0, 0.05) is 20.6 Å². The molecular formula is C13H22N4O3Si. The largest absolute Gasteiger partial charge is 0.413 e. The van der Waals surface area contributed by atoms with E-state index in [0.29, 0.717) is 17.7 Å². The Hall–Kier alpha value is -1.67. The van der Waals surface area contributed by atoms with Gasteiger partial charge in [0.2, 0.25) is 0 Å². The van der Waals surface area contributed by atoms with E-state index in [1.807, 2.05) is 6.92 Å². The first kappa shape index (κ1) is 15.7. The molecule has 0 bridgehead atoms. The summed E-state index contributed by atoms with van der Waals surface area (Å²) in [5.74, 6) is 0. The van der Waals surface area contributed by atoms with Crippen molar-refractivity contribution in [2.24, 2.45) is 14.1 Å². The highest BCUT2D eigenvalue weighted by Crippen LogP contribution is 2.11. The molecule has 21 heavy (non-hydrogen) atoms. The molecule has 2 rings (SSSR count). The average molecular weight is 310 g/mol. The Bertz CT molecular complexity index is 782. The second kappa shape index (κ2) is 5.27. The van der Waals surface area contributed by atoms with Gasteiger partial charge in [0.1, 0.15) is 0 Å². The van der Waals surface area contributed by atoms with Crippen molar-refractivity contribution in [3.63, 3.8) is 0 Å². The zero-order valence-electron chi connectivity index (χ0n) is 13.4. The van der Waals surface area contributed by atoms with Crippen LogP contribution in [0.1, 0.15) is 6.92 Å². The van der Waals surface area contributed by atoms with Gasteiger partial charge in [-0.1, -0.05) is 0 Å². The highest BCUT2D eigenvalue weighted by molar-refractivity contribution is 6.69. The van der Waals surface area contributed by atoms with Gasteiger partial charge in [-0.2, -0.15) is 0 Å². The van der Waals surface area contributed by atoms with Gasteiger partial charge in [-0.25, -0.2) is 9.78 Å². The van der Waals surface area contributed by atoms with Crippen LogP contribution in [0.15, 0.2) is 15.9 Å². The van der Waals surface area contributed by atoms with E-state index in [1.165, 1.54) is 11.6 Å². The van der Waals surface area contributed by atoms with Crippen molar-refractivity contribution in [1.82, 2.24) is 18.7 Å². The minimum absolute atomic E-state index is 0.0176. The molecule has 0 aliphatic rings. The molecule has 0 N–H and O–H groups in total. The lowest BCUT2D eigenvalue weighted by Crippen LogP contribution is -2.38. The Labute approximate surface area is 123 Å². The van der Waals surface area contributed by atoms with Crippen molar-refractivity contribution in [3.8, 4) is 0 Å². The van der Waals surface area contributed by atoms with E-state index in [1.54, 1.807) is 17.9 Å². The summed E-state index contributed by atoms with van der Waals surface area (Å²) >= 11 is 0. The molecule has 0 fully saturated rings. The van der Waals surface area contributed by atoms with E-state index < -0.39 is 8.32 Å². The molecular weight excluding hydrogens is 288 g/mol. The first-order chi connectivity index (χ1) is 9.61. The smallest absolute Gasteiger partial charge is 0.332 e. The third kappa shape index (κ3) is 3.00. The van der Waals surface area contributed by atoms with E-state index in [9.17, 15) is 9.59 Å². The molecule has 0 spiro atoms. The van der Waals surface area contributed by atoms with Crippen LogP contribution in [0.4, 0.5) is 0 Å². The van der Waals surface area contributed by atoms with Gasteiger partial charge in [-0.05, 0) is 26.6 Å². The molecule has 7 nitrogen and oxygen atoms in total. The van der Waals surface area contributed by atoms with Crippen LogP contribution in [0.2, 0.25) is 19.6 Å². The van der Waals surface area contributed by atoms with Crippen molar-refractivity contribution in [2.45, 2.75) is 39.2 Å². The highest BCUT2D eigenvalue weighted by atomic mass is 28.4. The molecule has 0 aliphatic carbocycles. The lowest BCUT2D eigenvalue weighted by molar-refractivity contribution is 0.193. The van der Waals surface area contributed by atoms with Gasteiger partial charge in [0.05, 0.1) is 12.4 Å². The van der Waals surface area contributed by atoms with Crippen molar-refractivity contribution in [1.29, 1.82) is 0 Å². The summed E-state index contributed by atoms with van der Waals surface area (Å²) in [6.07, 6.45) is 1.58. The molecule has 0 aromatic carbocycles. The van der Waals surface area contributed by atoms with Crippen LogP contribution in [-0.4, -0.2) is 33.1 Å². The Kier molecular flexibility index (Phi) is 3.94. The lowest BCUT2D eigenvalue weighted by Gasteiger charge is -2.23. The maximum Gasteiger partial charge on any atom is 0.332 e. The monoisotopic (exact) mass is 310 g/mol. The van der Waals surface area contributed by atoms with Crippen LogP contribution in [0.5, 0.6) is 0 Å². The molecule has 116 valence electrons. The molecule has 1 atom stereocenters. The normalized spacial score (nSPS) is 13.8. The van der Waals surface area contributed by atoms with Crippen LogP contribution >= 0.6 is 0 Å². The third-order valence-electron chi connectivity index (χ3n) is 3.23. The Balaban J connectivity index is 2.48. The van der Waals surface area contributed by atoms with Crippen molar-refractivity contribution < 1.29 is 4.43 Å². The number of hydrogen-bond acceptors (Lipinski definition) is 4. The molecule has 0 amide bonds. The number of fused-ring (bicyclic) bond motifs is 1. The minimum atomic E-state index is -1.64. The van der Waals surface area contributed by atoms with Gasteiger partial charge < -0.3 is 8.99 Å². The molecule has 0 saturated heterocycles. The zero-order chi connectivity index (χ0) is 15.9. The number of imidazole rings is 1. The summed E-state index contributed by atoms with van der Waals surface area (Å²) in [6, 6.07) is 0. The van der Waals surface area contributed by atoms with Gasteiger partial charge in [0.15, 0.2) is 19.5 Å². The van der Waals surface area contributed by atoms with E-state index >= 15 is 0 Å². The second-order valence-electron chi connectivity index (χ2n) is 6.32. The molecule has 2 aromatic rings. The number of rotatable bonds is 4. The van der Waals surface area contributed by atoms with Crippen molar-refractivity contribution >= 4 is 19.5 Å². The number of nitrogens with zero attached hydrogens (tertiary/aromatic N) is 4. The second-order valence-corrected chi connectivity index (χ2v) is 10.8.